The largest absolute Gasteiger partial charge is 0.469 e. The molecule has 3 atom stereocenters. The van der Waals surface area contributed by atoms with Gasteiger partial charge in [0.15, 0.2) is 0 Å². The molecule has 0 amide bonds. The molecule has 1 saturated carbocycles. The van der Waals surface area contributed by atoms with E-state index in [2.05, 4.69) is 11.9 Å². The predicted molar refractivity (Wildman–Crippen MR) is 44.6 cm³/mol. The van der Waals surface area contributed by atoms with E-state index >= 15 is 0 Å². The fourth-order valence-electron chi connectivity index (χ4n) is 2.70. The van der Waals surface area contributed by atoms with E-state index < -0.39 is 0 Å². The Balaban J connectivity index is 2.07. The summed E-state index contributed by atoms with van der Waals surface area (Å²) in [4.78, 5) is 13.6. The Bertz CT molecular complexity index is 205. The molecule has 1 heterocycles. The first-order valence-electron chi connectivity index (χ1n) is 4.50. The molecular formula is C9H15NO2. The van der Waals surface area contributed by atoms with Crippen LogP contribution in [-0.2, 0) is 9.53 Å². The van der Waals surface area contributed by atoms with Crippen LogP contribution in [0.15, 0.2) is 0 Å². The third-order valence-electron chi connectivity index (χ3n) is 3.24. The van der Waals surface area contributed by atoms with Crippen LogP contribution in [0.5, 0.6) is 0 Å². The average Bonchev–Trinajstić information content (AvgIpc) is 2.60. The zero-order valence-electron chi connectivity index (χ0n) is 7.62. The van der Waals surface area contributed by atoms with Crippen molar-refractivity contribution in [2.75, 3.05) is 20.7 Å². The highest BCUT2D eigenvalue weighted by Gasteiger charge is 2.46. The number of carbonyl (C=O) groups is 1. The molecule has 1 aliphatic carbocycles. The number of hydrogen-bond donors (Lipinski definition) is 0. The van der Waals surface area contributed by atoms with Gasteiger partial charge >= 0.3 is 5.97 Å². The van der Waals surface area contributed by atoms with Gasteiger partial charge in [-0.15, -0.1) is 0 Å². The minimum Gasteiger partial charge on any atom is -0.469 e. The van der Waals surface area contributed by atoms with Crippen molar-refractivity contribution in [2.45, 2.75) is 18.9 Å². The zero-order valence-corrected chi connectivity index (χ0v) is 7.62. The van der Waals surface area contributed by atoms with Crippen LogP contribution in [0.2, 0.25) is 0 Å². The van der Waals surface area contributed by atoms with E-state index in [0.29, 0.717) is 6.04 Å². The number of rotatable bonds is 1. The molecule has 2 fully saturated rings. The number of likely N-dealkylation sites (tertiary alicyclic amines) is 1. The minimum absolute atomic E-state index is 0.0194. The molecule has 2 aliphatic rings. The normalized spacial score (nSPS) is 40.3. The van der Waals surface area contributed by atoms with Crippen molar-refractivity contribution < 1.29 is 9.53 Å². The van der Waals surface area contributed by atoms with Crippen LogP contribution in [0.3, 0.4) is 0 Å². The Hall–Kier alpha value is -0.570. The van der Waals surface area contributed by atoms with Gasteiger partial charge in [-0.25, -0.2) is 0 Å². The number of methoxy groups -OCH3 is 1. The topological polar surface area (TPSA) is 29.5 Å². The molecule has 3 heteroatoms. The van der Waals surface area contributed by atoms with E-state index in [4.69, 9.17) is 4.74 Å². The first-order valence-corrected chi connectivity index (χ1v) is 4.50. The van der Waals surface area contributed by atoms with Gasteiger partial charge < -0.3 is 9.64 Å². The first kappa shape index (κ1) is 8.05. The van der Waals surface area contributed by atoms with Gasteiger partial charge in [0.2, 0.25) is 0 Å². The van der Waals surface area contributed by atoms with Crippen molar-refractivity contribution in [1.29, 1.82) is 0 Å². The Morgan fingerprint density at radius 1 is 1.50 bits per heavy atom. The number of esters is 1. The van der Waals surface area contributed by atoms with Gasteiger partial charge in [0, 0.05) is 12.6 Å². The van der Waals surface area contributed by atoms with Crippen LogP contribution < -0.4 is 0 Å². The summed E-state index contributed by atoms with van der Waals surface area (Å²) in [5.74, 6) is 0.872. The highest BCUT2D eigenvalue weighted by molar-refractivity contribution is 5.73. The minimum atomic E-state index is -0.0194. The number of hydrogen-bond acceptors (Lipinski definition) is 3. The van der Waals surface area contributed by atoms with Crippen LogP contribution in [-0.4, -0.2) is 37.6 Å². The highest BCUT2D eigenvalue weighted by atomic mass is 16.5. The van der Waals surface area contributed by atoms with Crippen LogP contribution >= 0.6 is 0 Å². The lowest BCUT2D eigenvalue weighted by atomic mass is 9.99. The van der Waals surface area contributed by atoms with Crippen molar-refractivity contribution in [3.63, 3.8) is 0 Å². The average molecular weight is 169 g/mol. The standard InChI is InChI=1S/C9H15NO2/c1-10-5-6-3-7(8(10)4-6)9(11)12-2/h6-8H,3-5H2,1-2H3/t6-,7-,8-/m1/s1. The highest BCUT2D eigenvalue weighted by Crippen LogP contribution is 2.41. The van der Waals surface area contributed by atoms with Crippen molar-refractivity contribution in [2.24, 2.45) is 11.8 Å². The molecular weight excluding hydrogens is 154 g/mol. The number of carbonyl (C=O) groups excluding carboxylic acids is 1. The maximum atomic E-state index is 11.3. The molecule has 68 valence electrons. The van der Waals surface area contributed by atoms with Crippen LogP contribution in [0, 0.1) is 11.8 Å². The molecule has 0 radical (unpaired) electrons. The maximum absolute atomic E-state index is 11.3. The SMILES string of the molecule is COC(=O)[C@@H]1C[C@@H]2C[C@H]1N(C)C2. The van der Waals surface area contributed by atoms with E-state index in [-0.39, 0.29) is 11.9 Å². The summed E-state index contributed by atoms with van der Waals surface area (Å²) < 4.78 is 4.77. The molecule has 12 heavy (non-hydrogen) atoms. The van der Waals surface area contributed by atoms with Gasteiger partial charge in [-0.2, -0.15) is 0 Å². The van der Waals surface area contributed by atoms with E-state index in [1.54, 1.807) is 0 Å². The summed E-state index contributed by atoms with van der Waals surface area (Å²) in [6, 6.07) is 0.461. The Morgan fingerprint density at radius 3 is 2.75 bits per heavy atom. The Morgan fingerprint density at radius 2 is 2.25 bits per heavy atom. The number of nitrogens with zero attached hydrogens (tertiary/aromatic N) is 1. The fourth-order valence-corrected chi connectivity index (χ4v) is 2.70. The maximum Gasteiger partial charge on any atom is 0.310 e. The van der Waals surface area contributed by atoms with Crippen molar-refractivity contribution >= 4 is 5.97 Å². The molecule has 2 rings (SSSR count). The molecule has 0 aromatic carbocycles. The Kier molecular flexibility index (Phi) is 1.83. The monoisotopic (exact) mass is 169 g/mol. The second kappa shape index (κ2) is 2.73. The van der Waals surface area contributed by atoms with Crippen molar-refractivity contribution in [1.82, 2.24) is 4.90 Å². The molecule has 1 saturated heterocycles. The molecule has 0 spiro atoms. The molecule has 0 aromatic rings. The van der Waals surface area contributed by atoms with E-state index in [1.807, 2.05) is 0 Å². The fraction of sp³-hybridized carbons (Fsp3) is 0.889. The number of fused-ring (bicyclic) bond motifs is 2. The lowest BCUT2D eigenvalue weighted by Gasteiger charge is -2.27. The molecule has 3 nitrogen and oxygen atoms in total. The van der Waals surface area contributed by atoms with Crippen molar-refractivity contribution in [3.05, 3.63) is 0 Å². The van der Waals surface area contributed by atoms with Crippen molar-refractivity contribution in [3.8, 4) is 0 Å². The predicted octanol–water partition coefficient (Wildman–Crippen LogP) is 0.500. The van der Waals surface area contributed by atoms with E-state index in [0.717, 1.165) is 18.9 Å². The summed E-state index contributed by atoms with van der Waals surface area (Å²) >= 11 is 0. The molecule has 0 N–H and O–H groups in total. The summed E-state index contributed by atoms with van der Waals surface area (Å²) in [7, 11) is 3.58. The summed E-state index contributed by atoms with van der Waals surface area (Å²) in [6.45, 7) is 1.16. The summed E-state index contributed by atoms with van der Waals surface area (Å²) in [5, 5.41) is 0. The Labute approximate surface area is 72.7 Å². The van der Waals surface area contributed by atoms with Gasteiger partial charge in [-0.1, -0.05) is 0 Å². The van der Waals surface area contributed by atoms with Gasteiger partial charge in [0.05, 0.1) is 13.0 Å². The third-order valence-corrected chi connectivity index (χ3v) is 3.24. The van der Waals surface area contributed by atoms with Gasteiger partial charge in [0.25, 0.3) is 0 Å². The smallest absolute Gasteiger partial charge is 0.310 e. The lowest BCUT2D eigenvalue weighted by Crippen LogP contribution is -2.39. The lowest BCUT2D eigenvalue weighted by molar-refractivity contribution is -0.147. The van der Waals surface area contributed by atoms with Gasteiger partial charge in [-0.3, -0.25) is 4.79 Å². The van der Waals surface area contributed by atoms with Gasteiger partial charge in [-0.05, 0) is 25.8 Å². The van der Waals surface area contributed by atoms with E-state index in [9.17, 15) is 4.79 Å². The second-order valence-corrected chi connectivity index (χ2v) is 3.97. The van der Waals surface area contributed by atoms with Gasteiger partial charge in [0.1, 0.15) is 0 Å². The van der Waals surface area contributed by atoms with Crippen LogP contribution in [0.25, 0.3) is 0 Å². The summed E-state index contributed by atoms with van der Waals surface area (Å²) in [6.07, 6.45) is 2.23. The van der Waals surface area contributed by atoms with Crippen LogP contribution in [0.1, 0.15) is 12.8 Å². The summed E-state index contributed by atoms with van der Waals surface area (Å²) in [5.41, 5.74) is 0. The molecule has 2 bridgehead atoms. The molecule has 1 aliphatic heterocycles. The molecule has 0 unspecified atom stereocenters. The van der Waals surface area contributed by atoms with Crippen LogP contribution in [0.4, 0.5) is 0 Å². The number of ether oxygens (including phenoxy) is 1. The third kappa shape index (κ3) is 1.04. The zero-order chi connectivity index (χ0) is 8.72. The number of piperidine rings is 1. The quantitative estimate of drug-likeness (QED) is 0.535. The first-order chi connectivity index (χ1) is 5.72. The second-order valence-electron chi connectivity index (χ2n) is 3.97. The van der Waals surface area contributed by atoms with E-state index in [1.165, 1.54) is 13.5 Å². The molecule has 0 aromatic heterocycles.